The molecule has 0 aliphatic heterocycles. The summed E-state index contributed by atoms with van der Waals surface area (Å²) in [5.74, 6) is -0.347. The van der Waals surface area contributed by atoms with E-state index in [9.17, 15) is 9.18 Å². The molecule has 0 saturated carbocycles. The fourth-order valence-electron chi connectivity index (χ4n) is 1.80. The predicted molar refractivity (Wildman–Crippen MR) is 78.4 cm³/mol. The highest BCUT2D eigenvalue weighted by Gasteiger charge is 2.12. The van der Waals surface area contributed by atoms with E-state index in [2.05, 4.69) is 10.6 Å². The standard InChI is InChI=1S/C15H14ClFN2O/c1-10(13-4-2-3-5-14(13)16)18-15(20)19-12-8-6-11(17)7-9-12/h2-10H,1H3,(H2,18,19,20). The Kier molecular flexibility index (Phi) is 4.58. The van der Waals surface area contributed by atoms with E-state index in [1.165, 1.54) is 24.3 Å². The van der Waals surface area contributed by atoms with Crippen LogP contribution in [0.1, 0.15) is 18.5 Å². The molecule has 20 heavy (non-hydrogen) atoms. The molecule has 5 heteroatoms. The van der Waals surface area contributed by atoms with Crippen LogP contribution in [0.5, 0.6) is 0 Å². The first-order valence-electron chi connectivity index (χ1n) is 6.14. The van der Waals surface area contributed by atoms with Crippen LogP contribution in [-0.2, 0) is 0 Å². The van der Waals surface area contributed by atoms with Gasteiger partial charge in [-0.1, -0.05) is 29.8 Å². The molecule has 0 aliphatic rings. The van der Waals surface area contributed by atoms with Crippen molar-refractivity contribution in [3.8, 4) is 0 Å². The van der Waals surface area contributed by atoms with Gasteiger partial charge in [-0.2, -0.15) is 0 Å². The first kappa shape index (κ1) is 14.3. The maximum Gasteiger partial charge on any atom is 0.319 e. The van der Waals surface area contributed by atoms with Crippen molar-refractivity contribution in [1.82, 2.24) is 5.32 Å². The van der Waals surface area contributed by atoms with Gasteiger partial charge in [-0.05, 0) is 42.8 Å². The highest BCUT2D eigenvalue weighted by atomic mass is 35.5. The molecule has 2 rings (SSSR count). The number of nitrogens with one attached hydrogen (secondary N) is 2. The van der Waals surface area contributed by atoms with E-state index < -0.39 is 0 Å². The molecule has 0 radical (unpaired) electrons. The van der Waals surface area contributed by atoms with Crippen LogP contribution < -0.4 is 10.6 Å². The number of halogens is 2. The van der Waals surface area contributed by atoms with Crippen molar-refractivity contribution < 1.29 is 9.18 Å². The number of hydrogen-bond donors (Lipinski definition) is 2. The highest BCUT2D eigenvalue weighted by Crippen LogP contribution is 2.22. The lowest BCUT2D eigenvalue weighted by Crippen LogP contribution is -2.31. The van der Waals surface area contributed by atoms with Gasteiger partial charge >= 0.3 is 6.03 Å². The molecule has 1 unspecified atom stereocenters. The molecule has 0 fully saturated rings. The fourth-order valence-corrected chi connectivity index (χ4v) is 2.10. The molecule has 1 atom stereocenters. The third kappa shape index (κ3) is 3.71. The smallest absolute Gasteiger partial charge is 0.319 e. The minimum absolute atomic E-state index is 0.232. The average Bonchev–Trinajstić information content (AvgIpc) is 2.41. The average molecular weight is 293 g/mol. The van der Waals surface area contributed by atoms with E-state index >= 15 is 0 Å². The third-order valence-corrected chi connectivity index (χ3v) is 3.17. The number of hydrogen-bond acceptors (Lipinski definition) is 1. The quantitative estimate of drug-likeness (QED) is 0.867. The molecule has 0 aliphatic carbocycles. The normalized spacial score (nSPS) is 11.8. The lowest BCUT2D eigenvalue weighted by molar-refractivity contribution is 0.249. The van der Waals surface area contributed by atoms with Gasteiger partial charge in [0.2, 0.25) is 0 Å². The second-order valence-corrected chi connectivity index (χ2v) is 4.76. The van der Waals surface area contributed by atoms with Crippen molar-refractivity contribution >= 4 is 23.3 Å². The van der Waals surface area contributed by atoms with Crippen LogP contribution in [0.4, 0.5) is 14.9 Å². The van der Waals surface area contributed by atoms with Crippen molar-refractivity contribution in [1.29, 1.82) is 0 Å². The first-order chi connectivity index (χ1) is 9.56. The molecule has 2 aromatic rings. The van der Waals surface area contributed by atoms with Crippen LogP contribution in [0.15, 0.2) is 48.5 Å². The Morgan fingerprint density at radius 2 is 1.80 bits per heavy atom. The molecule has 104 valence electrons. The van der Waals surface area contributed by atoms with E-state index in [1.807, 2.05) is 25.1 Å². The Bertz CT molecular complexity index is 601. The van der Waals surface area contributed by atoms with Crippen LogP contribution in [0.3, 0.4) is 0 Å². The summed E-state index contributed by atoms with van der Waals surface area (Å²) in [7, 11) is 0. The molecule has 2 aromatic carbocycles. The Morgan fingerprint density at radius 3 is 2.45 bits per heavy atom. The second kappa shape index (κ2) is 6.39. The van der Waals surface area contributed by atoms with Crippen molar-refractivity contribution in [2.24, 2.45) is 0 Å². The van der Waals surface area contributed by atoms with Gasteiger partial charge in [-0.25, -0.2) is 9.18 Å². The number of carbonyl (C=O) groups excluding carboxylic acids is 1. The van der Waals surface area contributed by atoms with E-state index in [-0.39, 0.29) is 17.9 Å². The maximum atomic E-state index is 12.8. The van der Waals surface area contributed by atoms with E-state index in [0.29, 0.717) is 10.7 Å². The van der Waals surface area contributed by atoms with Gasteiger partial charge in [0.1, 0.15) is 5.82 Å². The molecule has 0 heterocycles. The van der Waals surface area contributed by atoms with Crippen LogP contribution in [0.25, 0.3) is 0 Å². The Morgan fingerprint density at radius 1 is 1.15 bits per heavy atom. The van der Waals surface area contributed by atoms with Crippen molar-refractivity contribution in [2.75, 3.05) is 5.32 Å². The van der Waals surface area contributed by atoms with Gasteiger partial charge < -0.3 is 10.6 Å². The summed E-state index contributed by atoms with van der Waals surface area (Å²) >= 11 is 6.07. The Hall–Kier alpha value is -2.07. The molecule has 0 bridgehead atoms. The second-order valence-electron chi connectivity index (χ2n) is 4.35. The van der Waals surface area contributed by atoms with E-state index in [4.69, 9.17) is 11.6 Å². The molecule has 3 nitrogen and oxygen atoms in total. The minimum Gasteiger partial charge on any atom is -0.331 e. The zero-order valence-corrected chi connectivity index (χ0v) is 11.6. The summed E-state index contributed by atoms with van der Waals surface area (Å²) in [5.41, 5.74) is 1.36. The fraction of sp³-hybridized carbons (Fsp3) is 0.133. The lowest BCUT2D eigenvalue weighted by Gasteiger charge is -2.16. The Labute approximate surface area is 121 Å². The number of urea groups is 1. The van der Waals surface area contributed by atoms with Gasteiger partial charge in [0, 0.05) is 10.7 Å². The summed E-state index contributed by atoms with van der Waals surface area (Å²) < 4.78 is 12.8. The van der Waals surface area contributed by atoms with Gasteiger partial charge in [-0.3, -0.25) is 0 Å². The minimum atomic E-state index is -0.371. The molecular weight excluding hydrogens is 279 g/mol. The number of amides is 2. The molecule has 0 spiro atoms. The van der Waals surface area contributed by atoms with Gasteiger partial charge in [0.05, 0.1) is 6.04 Å². The molecule has 2 amide bonds. The molecule has 0 aromatic heterocycles. The number of anilines is 1. The Balaban J connectivity index is 1.98. The van der Waals surface area contributed by atoms with Crippen molar-refractivity contribution in [2.45, 2.75) is 13.0 Å². The number of carbonyl (C=O) groups is 1. The van der Waals surface area contributed by atoms with Gasteiger partial charge in [0.25, 0.3) is 0 Å². The third-order valence-electron chi connectivity index (χ3n) is 2.82. The topological polar surface area (TPSA) is 41.1 Å². The van der Waals surface area contributed by atoms with Crippen LogP contribution in [0, 0.1) is 5.82 Å². The SMILES string of the molecule is CC(NC(=O)Nc1ccc(F)cc1)c1ccccc1Cl. The largest absolute Gasteiger partial charge is 0.331 e. The summed E-state index contributed by atoms with van der Waals surface area (Å²) in [5, 5.41) is 6.00. The monoisotopic (exact) mass is 292 g/mol. The van der Waals surface area contributed by atoms with Crippen LogP contribution in [-0.4, -0.2) is 6.03 Å². The first-order valence-corrected chi connectivity index (χ1v) is 6.51. The number of benzene rings is 2. The predicted octanol–water partition coefficient (Wildman–Crippen LogP) is 4.36. The van der Waals surface area contributed by atoms with Crippen LogP contribution >= 0.6 is 11.6 Å². The van der Waals surface area contributed by atoms with Gasteiger partial charge in [-0.15, -0.1) is 0 Å². The molecule has 2 N–H and O–H groups in total. The highest BCUT2D eigenvalue weighted by molar-refractivity contribution is 6.31. The van der Waals surface area contributed by atoms with Crippen molar-refractivity contribution in [3.05, 3.63) is 64.9 Å². The summed E-state index contributed by atoms with van der Waals surface area (Å²) in [6.45, 7) is 1.84. The number of rotatable bonds is 3. The van der Waals surface area contributed by atoms with E-state index in [0.717, 1.165) is 5.56 Å². The molecular formula is C15H14ClFN2O. The van der Waals surface area contributed by atoms with E-state index in [1.54, 1.807) is 6.07 Å². The van der Waals surface area contributed by atoms with Crippen LogP contribution in [0.2, 0.25) is 5.02 Å². The van der Waals surface area contributed by atoms with Gasteiger partial charge in [0.15, 0.2) is 0 Å². The maximum absolute atomic E-state index is 12.8. The lowest BCUT2D eigenvalue weighted by atomic mass is 10.1. The summed E-state index contributed by atoms with van der Waals surface area (Å²) in [4.78, 5) is 11.8. The summed E-state index contributed by atoms with van der Waals surface area (Å²) in [6.07, 6.45) is 0. The molecule has 0 saturated heterocycles. The summed E-state index contributed by atoms with van der Waals surface area (Å²) in [6, 6.07) is 12.3. The van der Waals surface area contributed by atoms with Crippen molar-refractivity contribution in [3.63, 3.8) is 0 Å². The zero-order valence-electron chi connectivity index (χ0n) is 10.9. The zero-order chi connectivity index (χ0) is 14.5.